The van der Waals surface area contributed by atoms with Crippen LogP contribution >= 0.6 is 15.9 Å². The van der Waals surface area contributed by atoms with Gasteiger partial charge in [0.15, 0.2) is 0 Å². The number of rotatable bonds is 0. The molecular weight excluding hydrogens is 272 g/mol. The molecule has 0 aliphatic heterocycles. The zero-order chi connectivity index (χ0) is 11.4. The van der Waals surface area contributed by atoms with Crippen LogP contribution in [-0.4, -0.2) is 0 Å². The molecule has 0 bridgehead atoms. The van der Waals surface area contributed by atoms with Crippen LogP contribution in [-0.2, 0) is 0 Å². The van der Waals surface area contributed by atoms with E-state index in [1.807, 2.05) is 6.07 Å². The molecule has 0 amide bonds. The van der Waals surface area contributed by atoms with Gasteiger partial charge in [0.05, 0.1) is 0 Å². The molecular formula is C16H7Br. The highest BCUT2D eigenvalue weighted by Gasteiger charge is 2.08. The fourth-order valence-corrected chi connectivity index (χ4v) is 3.02. The molecule has 0 spiro atoms. The SMILES string of the molecule is Brc1ccc2ccc3cc#cc4ccc1c2c43. The molecule has 0 heterocycles. The molecule has 78 valence electrons. The molecule has 0 atom stereocenters. The Morgan fingerprint density at radius 2 is 1.65 bits per heavy atom. The predicted molar refractivity (Wildman–Crippen MR) is 75.5 cm³/mol. The topological polar surface area (TPSA) is 0 Å². The Labute approximate surface area is 107 Å². The normalized spacial score (nSPS) is 11.4. The largest absolute Gasteiger partial charge is 0.0689 e. The van der Waals surface area contributed by atoms with Crippen LogP contribution in [0.2, 0.25) is 0 Å². The van der Waals surface area contributed by atoms with Gasteiger partial charge in [-0.25, -0.2) is 0 Å². The second-order valence-corrected chi connectivity index (χ2v) is 5.10. The van der Waals surface area contributed by atoms with Gasteiger partial charge in [-0.05, 0) is 39.7 Å². The van der Waals surface area contributed by atoms with E-state index in [0.29, 0.717) is 0 Å². The average molecular weight is 279 g/mol. The molecule has 0 saturated carbocycles. The van der Waals surface area contributed by atoms with Crippen molar-refractivity contribution in [3.05, 3.63) is 59.1 Å². The Kier molecular flexibility index (Phi) is 1.70. The summed E-state index contributed by atoms with van der Waals surface area (Å²) in [4.78, 5) is 0. The van der Waals surface area contributed by atoms with Gasteiger partial charge in [0, 0.05) is 15.2 Å². The van der Waals surface area contributed by atoms with Gasteiger partial charge in [0.2, 0.25) is 0 Å². The summed E-state index contributed by atoms with van der Waals surface area (Å²) >= 11 is 3.62. The lowest BCUT2D eigenvalue weighted by Gasteiger charge is -2.09. The number of benzene rings is 3. The van der Waals surface area contributed by atoms with Crippen molar-refractivity contribution in [2.75, 3.05) is 0 Å². The molecule has 17 heavy (non-hydrogen) atoms. The maximum absolute atomic E-state index is 3.62. The van der Waals surface area contributed by atoms with E-state index in [4.69, 9.17) is 0 Å². The fourth-order valence-electron chi connectivity index (χ4n) is 2.56. The smallest absolute Gasteiger partial charge is 0.0334 e. The van der Waals surface area contributed by atoms with Crippen molar-refractivity contribution in [2.24, 2.45) is 0 Å². The van der Waals surface area contributed by atoms with Gasteiger partial charge in [0.1, 0.15) is 0 Å². The summed E-state index contributed by atoms with van der Waals surface area (Å²) in [5, 5.41) is 7.52. The molecule has 0 aliphatic carbocycles. The minimum Gasteiger partial charge on any atom is -0.0689 e. The van der Waals surface area contributed by atoms with Crippen LogP contribution in [0.3, 0.4) is 0 Å². The summed E-state index contributed by atoms with van der Waals surface area (Å²) < 4.78 is 1.15. The van der Waals surface area contributed by atoms with Crippen LogP contribution in [0.4, 0.5) is 0 Å². The quantitative estimate of drug-likeness (QED) is 0.427. The van der Waals surface area contributed by atoms with E-state index in [0.717, 1.165) is 9.86 Å². The van der Waals surface area contributed by atoms with Gasteiger partial charge in [-0.3, -0.25) is 0 Å². The lowest BCUT2D eigenvalue weighted by atomic mass is 9.95. The van der Waals surface area contributed by atoms with Crippen molar-refractivity contribution in [1.29, 1.82) is 0 Å². The van der Waals surface area contributed by atoms with Crippen LogP contribution in [0.25, 0.3) is 32.3 Å². The molecule has 0 unspecified atom stereocenters. The molecule has 0 aliphatic rings. The lowest BCUT2D eigenvalue weighted by molar-refractivity contribution is 1.76. The van der Waals surface area contributed by atoms with Gasteiger partial charge >= 0.3 is 0 Å². The summed E-state index contributed by atoms with van der Waals surface area (Å²) in [6.07, 6.45) is 0. The highest BCUT2D eigenvalue weighted by molar-refractivity contribution is 9.10. The van der Waals surface area contributed by atoms with Crippen molar-refractivity contribution in [3.8, 4) is 0 Å². The molecule has 4 aromatic rings. The third kappa shape index (κ3) is 1.14. The molecule has 0 saturated heterocycles. The van der Waals surface area contributed by atoms with Crippen LogP contribution in [0.15, 0.2) is 46.9 Å². The standard InChI is InChI=1S/C16H7Br/c17-14-9-7-12-5-4-10-2-1-3-11-6-8-13(14)16(12)15(10)11/h2,4-9H. The number of hydrogen-bond donors (Lipinski definition) is 0. The monoisotopic (exact) mass is 278 g/mol. The van der Waals surface area contributed by atoms with Crippen molar-refractivity contribution in [2.45, 2.75) is 0 Å². The maximum Gasteiger partial charge on any atom is 0.0334 e. The van der Waals surface area contributed by atoms with E-state index in [1.54, 1.807) is 0 Å². The van der Waals surface area contributed by atoms with E-state index in [1.165, 1.54) is 26.9 Å². The third-order valence-corrected chi connectivity index (χ3v) is 4.02. The van der Waals surface area contributed by atoms with Gasteiger partial charge in [-0.2, -0.15) is 0 Å². The van der Waals surface area contributed by atoms with Crippen molar-refractivity contribution >= 4 is 48.2 Å². The van der Waals surface area contributed by atoms with E-state index >= 15 is 0 Å². The Balaban J connectivity index is 2.48. The average Bonchev–Trinajstić information content (AvgIpc) is 2.38. The lowest BCUT2D eigenvalue weighted by Crippen LogP contribution is -1.83. The maximum atomic E-state index is 3.62. The molecule has 0 radical (unpaired) electrons. The highest BCUT2D eigenvalue weighted by atomic mass is 79.9. The molecule has 0 aromatic heterocycles. The zero-order valence-corrected chi connectivity index (χ0v) is 10.5. The molecule has 0 nitrogen and oxygen atoms in total. The summed E-state index contributed by atoms with van der Waals surface area (Å²) in [5.41, 5.74) is 0. The van der Waals surface area contributed by atoms with E-state index < -0.39 is 0 Å². The Hall–Kier alpha value is -1.78. The van der Waals surface area contributed by atoms with Gasteiger partial charge in [-0.15, -0.1) is 0 Å². The van der Waals surface area contributed by atoms with Crippen LogP contribution in [0.1, 0.15) is 0 Å². The Morgan fingerprint density at radius 1 is 0.824 bits per heavy atom. The van der Waals surface area contributed by atoms with Crippen molar-refractivity contribution in [1.82, 2.24) is 0 Å². The molecule has 1 heteroatoms. The molecule has 4 rings (SSSR count). The van der Waals surface area contributed by atoms with Crippen LogP contribution in [0.5, 0.6) is 0 Å². The first kappa shape index (κ1) is 9.27. The second kappa shape index (κ2) is 3.12. The van der Waals surface area contributed by atoms with Gasteiger partial charge < -0.3 is 0 Å². The van der Waals surface area contributed by atoms with Crippen molar-refractivity contribution in [3.63, 3.8) is 0 Å². The minimum atomic E-state index is 1.14. The summed E-state index contributed by atoms with van der Waals surface area (Å²) in [6.45, 7) is 0. The van der Waals surface area contributed by atoms with E-state index in [9.17, 15) is 0 Å². The first-order chi connectivity index (χ1) is 8.34. The fraction of sp³-hybridized carbons (Fsp3) is 0. The highest BCUT2D eigenvalue weighted by Crippen LogP contribution is 2.36. The Bertz CT molecular complexity index is 830. The number of halogens is 1. The third-order valence-electron chi connectivity index (χ3n) is 3.33. The van der Waals surface area contributed by atoms with Gasteiger partial charge in [0.25, 0.3) is 0 Å². The first-order valence-corrected chi connectivity index (χ1v) is 6.29. The second-order valence-electron chi connectivity index (χ2n) is 4.25. The zero-order valence-electron chi connectivity index (χ0n) is 8.92. The Morgan fingerprint density at radius 3 is 2.59 bits per heavy atom. The summed E-state index contributed by atoms with van der Waals surface area (Å²) in [6, 6.07) is 21.1. The van der Waals surface area contributed by atoms with Gasteiger partial charge in [-0.1, -0.05) is 52.3 Å². The molecule has 0 fully saturated rings. The van der Waals surface area contributed by atoms with Crippen LogP contribution < -0.4 is 0 Å². The van der Waals surface area contributed by atoms with E-state index in [-0.39, 0.29) is 0 Å². The van der Waals surface area contributed by atoms with Crippen molar-refractivity contribution < 1.29 is 0 Å². The predicted octanol–water partition coefficient (Wildman–Crippen LogP) is 4.95. The molecule has 0 N–H and O–H groups in total. The summed E-state index contributed by atoms with van der Waals surface area (Å²) in [5.74, 6) is 0. The van der Waals surface area contributed by atoms with E-state index in [2.05, 4.69) is 64.5 Å². The van der Waals surface area contributed by atoms with Crippen LogP contribution in [0, 0.1) is 12.1 Å². The first-order valence-electron chi connectivity index (χ1n) is 5.50. The molecule has 4 aromatic carbocycles. The number of hydrogen-bond acceptors (Lipinski definition) is 0. The minimum absolute atomic E-state index is 1.14. The summed E-state index contributed by atoms with van der Waals surface area (Å²) in [7, 11) is 0.